The number of halogens is 2. The van der Waals surface area contributed by atoms with Gasteiger partial charge in [-0.2, -0.15) is 0 Å². The molecule has 27 heavy (non-hydrogen) atoms. The minimum absolute atomic E-state index is 0.0780. The van der Waals surface area contributed by atoms with Crippen LogP contribution in [0.5, 0.6) is 5.75 Å². The summed E-state index contributed by atoms with van der Waals surface area (Å²) < 4.78 is 32.3. The molecule has 1 saturated heterocycles. The Labute approximate surface area is 156 Å². The lowest BCUT2D eigenvalue weighted by atomic mass is 10.1. The number of hydrogen-bond acceptors (Lipinski definition) is 3. The molecule has 142 valence electrons. The van der Waals surface area contributed by atoms with Gasteiger partial charge in [0, 0.05) is 32.2 Å². The highest BCUT2D eigenvalue weighted by molar-refractivity contribution is 5.94. The van der Waals surface area contributed by atoms with E-state index < -0.39 is 17.5 Å². The molecule has 0 atom stereocenters. The summed E-state index contributed by atoms with van der Waals surface area (Å²) in [6.07, 6.45) is 0. The number of para-hydroxylation sites is 1. The van der Waals surface area contributed by atoms with Gasteiger partial charge in [0.05, 0.1) is 5.56 Å². The third-order valence-electron chi connectivity index (χ3n) is 4.53. The van der Waals surface area contributed by atoms with E-state index in [0.717, 1.165) is 17.7 Å². The second kappa shape index (κ2) is 8.16. The van der Waals surface area contributed by atoms with Crippen molar-refractivity contribution < 1.29 is 23.1 Å². The van der Waals surface area contributed by atoms with Gasteiger partial charge in [-0.05, 0) is 30.7 Å². The van der Waals surface area contributed by atoms with E-state index in [-0.39, 0.29) is 31.2 Å². The number of aryl methyl sites for hydroxylation is 1. The highest BCUT2D eigenvalue weighted by Crippen LogP contribution is 2.17. The molecule has 7 heteroatoms. The van der Waals surface area contributed by atoms with Gasteiger partial charge in [-0.3, -0.25) is 9.59 Å². The maximum atomic E-state index is 13.8. The summed E-state index contributed by atoms with van der Waals surface area (Å²) in [7, 11) is 0. The van der Waals surface area contributed by atoms with E-state index in [9.17, 15) is 18.4 Å². The normalized spacial score (nSPS) is 14.2. The number of benzene rings is 2. The van der Waals surface area contributed by atoms with Gasteiger partial charge in [-0.25, -0.2) is 8.78 Å². The van der Waals surface area contributed by atoms with Crippen LogP contribution in [-0.4, -0.2) is 54.4 Å². The van der Waals surface area contributed by atoms with Crippen LogP contribution in [0.2, 0.25) is 0 Å². The number of amides is 2. The summed E-state index contributed by atoms with van der Waals surface area (Å²) in [5.41, 5.74) is 0.779. The van der Waals surface area contributed by atoms with Crippen molar-refractivity contribution in [3.8, 4) is 5.75 Å². The monoisotopic (exact) mass is 374 g/mol. The highest BCUT2D eigenvalue weighted by atomic mass is 19.1. The van der Waals surface area contributed by atoms with Gasteiger partial charge in [0.1, 0.15) is 17.4 Å². The Morgan fingerprint density at radius 1 is 1.00 bits per heavy atom. The van der Waals surface area contributed by atoms with Gasteiger partial charge in [0.15, 0.2) is 6.61 Å². The standard InChI is InChI=1S/C20H20F2N2O3/c1-14-4-2-3-5-18(14)27-13-19(25)23-8-10-24(11-9-23)20(26)16-7-6-15(21)12-17(16)22/h2-7,12H,8-11,13H2,1H3. The largest absolute Gasteiger partial charge is 0.484 e. The van der Waals surface area contributed by atoms with Crippen LogP contribution < -0.4 is 4.74 Å². The van der Waals surface area contributed by atoms with Crippen molar-refractivity contribution in [2.45, 2.75) is 6.92 Å². The van der Waals surface area contributed by atoms with Gasteiger partial charge in [0.25, 0.3) is 11.8 Å². The number of carbonyl (C=O) groups is 2. The average molecular weight is 374 g/mol. The van der Waals surface area contributed by atoms with Gasteiger partial charge >= 0.3 is 0 Å². The van der Waals surface area contributed by atoms with Crippen LogP contribution in [0.1, 0.15) is 15.9 Å². The zero-order valence-corrected chi connectivity index (χ0v) is 15.0. The first-order chi connectivity index (χ1) is 13.0. The average Bonchev–Trinajstić information content (AvgIpc) is 2.67. The third-order valence-corrected chi connectivity index (χ3v) is 4.53. The van der Waals surface area contributed by atoms with E-state index in [2.05, 4.69) is 0 Å². The summed E-state index contributed by atoms with van der Waals surface area (Å²) in [6.45, 7) is 3.07. The number of ether oxygens (including phenoxy) is 1. The van der Waals surface area contributed by atoms with Crippen molar-refractivity contribution >= 4 is 11.8 Å². The van der Waals surface area contributed by atoms with Crippen molar-refractivity contribution in [1.82, 2.24) is 9.80 Å². The minimum Gasteiger partial charge on any atom is -0.484 e. The molecule has 0 N–H and O–H groups in total. The molecule has 3 rings (SSSR count). The molecule has 0 aliphatic carbocycles. The Balaban J connectivity index is 1.53. The summed E-state index contributed by atoms with van der Waals surface area (Å²) in [5.74, 6) is -1.63. The Bertz CT molecular complexity index is 849. The highest BCUT2D eigenvalue weighted by Gasteiger charge is 2.26. The van der Waals surface area contributed by atoms with Crippen LogP contribution in [0.25, 0.3) is 0 Å². The summed E-state index contributed by atoms with van der Waals surface area (Å²) >= 11 is 0. The first kappa shape index (κ1) is 18.8. The van der Waals surface area contributed by atoms with Crippen LogP contribution in [0.4, 0.5) is 8.78 Å². The lowest BCUT2D eigenvalue weighted by molar-refractivity contribution is -0.134. The SMILES string of the molecule is Cc1ccccc1OCC(=O)N1CCN(C(=O)c2ccc(F)cc2F)CC1. The Kier molecular flexibility index (Phi) is 5.69. The van der Waals surface area contributed by atoms with E-state index in [1.165, 1.54) is 4.90 Å². The predicted molar refractivity (Wildman–Crippen MR) is 95.5 cm³/mol. The van der Waals surface area contributed by atoms with Gasteiger partial charge < -0.3 is 14.5 Å². The van der Waals surface area contributed by atoms with Crippen LogP contribution in [0.3, 0.4) is 0 Å². The van der Waals surface area contributed by atoms with Crippen LogP contribution in [0.15, 0.2) is 42.5 Å². The van der Waals surface area contributed by atoms with Gasteiger partial charge in [-0.1, -0.05) is 18.2 Å². The quantitative estimate of drug-likeness (QED) is 0.827. The molecule has 1 heterocycles. The van der Waals surface area contributed by atoms with Crippen LogP contribution in [-0.2, 0) is 4.79 Å². The molecule has 2 amide bonds. The summed E-state index contributed by atoms with van der Waals surface area (Å²) in [6, 6.07) is 10.3. The summed E-state index contributed by atoms with van der Waals surface area (Å²) in [4.78, 5) is 27.8. The molecule has 1 fully saturated rings. The van der Waals surface area contributed by atoms with Crippen LogP contribution >= 0.6 is 0 Å². The first-order valence-corrected chi connectivity index (χ1v) is 8.66. The van der Waals surface area contributed by atoms with E-state index in [4.69, 9.17) is 4.74 Å². The molecule has 0 aromatic heterocycles. The molecule has 1 aliphatic heterocycles. The molecule has 0 spiro atoms. The van der Waals surface area contributed by atoms with Gasteiger partial charge in [-0.15, -0.1) is 0 Å². The fourth-order valence-corrected chi connectivity index (χ4v) is 2.94. The molecule has 0 saturated carbocycles. The van der Waals surface area contributed by atoms with Crippen molar-refractivity contribution in [3.05, 3.63) is 65.2 Å². The van der Waals surface area contributed by atoms with Crippen molar-refractivity contribution in [3.63, 3.8) is 0 Å². The van der Waals surface area contributed by atoms with Crippen molar-refractivity contribution in [2.24, 2.45) is 0 Å². The maximum Gasteiger partial charge on any atom is 0.260 e. The molecular formula is C20H20F2N2O3. The minimum atomic E-state index is -0.884. The fourth-order valence-electron chi connectivity index (χ4n) is 2.94. The first-order valence-electron chi connectivity index (χ1n) is 8.66. The molecular weight excluding hydrogens is 354 g/mol. The predicted octanol–water partition coefficient (Wildman–Crippen LogP) is 2.64. The fraction of sp³-hybridized carbons (Fsp3) is 0.300. The molecule has 0 unspecified atom stereocenters. The second-order valence-electron chi connectivity index (χ2n) is 6.35. The number of carbonyl (C=O) groups excluding carboxylic acids is 2. The number of piperazine rings is 1. The topological polar surface area (TPSA) is 49.9 Å². The molecule has 2 aromatic carbocycles. The Morgan fingerprint density at radius 3 is 2.33 bits per heavy atom. The van der Waals surface area contributed by atoms with E-state index >= 15 is 0 Å². The third kappa shape index (κ3) is 4.42. The molecule has 0 bridgehead atoms. The lowest BCUT2D eigenvalue weighted by Gasteiger charge is -2.34. The molecule has 2 aromatic rings. The molecule has 1 aliphatic rings. The Morgan fingerprint density at radius 2 is 1.67 bits per heavy atom. The molecule has 5 nitrogen and oxygen atoms in total. The lowest BCUT2D eigenvalue weighted by Crippen LogP contribution is -2.51. The van der Waals surface area contributed by atoms with Crippen molar-refractivity contribution in [1.29, 1.82) is 0 Å². The van der Waals surface area contributed by atoms with E-state index in [1.807, 2.05) is 25.1 Å². The number of nitrogens with zero attached hydrogens (tertiary/aromatic N) is 2. The van der Waals surface area contributed by atoms with Crippen molar-refractivity contribution in [2.75, 3.05) is 32.8 Å². The smallest absolute Gasteiger partial charge is 0.260 e. The second-order valence-corrected chi connectivity index (χ2v) is 6.35. The number of rotatable bonds is 4. The van der Waals surface area contributed by atoms with E-state index in [0.29, 0.717) is 24.9 Å². The van der Waals surface area contributed by atoms with Gasteiger partial charge in [0.2, 0.25) is 0 Å². The van der Waals surface area contributed by atoms with Crippen LogP contribution in [0, 0.1) is 18.6 Å². The summed E-state index contributed by atoms with van der Waals surface area (Å²) in [5, 5.41) is 0. The Hall–Kier alpha value is -2.96. The zero-order valence-electron chi connectivity index (χ0n) is 15.0. The molecule has 0 radical (unpaired) electrons. The zero-order chi connectivity index (χ0) is 19.4. The maximum absolute atomic E-state index is 13.8. The van der Waals surface area contributed by atoms with E-state index in [1.54, 1.807) is 11.0 Å². The number of hydrogen-bond donors (Lipinski definition) is 0.